The number of nitrogens with one attached hydrogen (secondary N) is 3. The van der Waals surface area contributed by atoms with Gasteiger partial charge in [-0.1, -0.05) is 13.0 Å². The van der Waals surface area contributed by atoms with Crippen LogP contribution in [-0.2, 0) is 4.79 Å². The average Bonchev–Trinajstić information content (AvgIpc) is 3.61. The van der Waals surface area contributed by atoms with Crippen LogP contribution in [0.1, 0.15) is 25.5 Å². The van der Waals surface area contributed by atoms with Crippen LogP contribution >= 0.6 is 0 Å². The van der Waals surface area contributed by atoms with Gasteiger partial charge >= 0.3 is 0 Å². The number of fused-ring (bicyclic) bond motifs is 2. The maximum atomic E-state index is 12.0. The molecule has 5 aromatic heterocycles. The first-order valence-corrected chi connectivity index (χ1v) is 11.7. The monoisotopic (exact) mass is 477 g/mol. The van der Waals surface area contributed by atoms with Gasteiger partial charge in [0.25, 0.3) is 0 Å². The first-order valence-electron chi connectivity index (χ1n) is 11.7. The highest BCUT2D eigenvalue weighted by molar-refractivity contribution is 5.97. The maximum absolute atomic E-state index is 12.0. The number of H-pyrrole nitrogens is 2. The third-order valence-corrected chi connectivity index (χ3v) is 5.96. The van der Waals surface area contributed by atoms with Crippen LogP contribution in [-0.4, -0.2) is 45.6 Å². The smallest absolute Gasteiger partial charge is 0.224 e. The van der Waals surface area contributed by atoms with E-state index in [4.69, 9.17) is 4.98 Å². The lowest BCUT2D eigenvalue weighted by Gasteiger charge is -2.07. The van der Waals surface area contributed by atoms with Crippen LogP contribution in [0.5, 0.6) is 0 Å². The molecule has 36 heavy (non-hydrogen) atoms. The fourth-order valence-corrected chi connectivity index (χ4v) is 4.25. The molecule has 0 fully saturated rings. The summed E-state index contributed by atoms with van der Waals surface area (Å²) in [5.74, 6) is 1.32. The summed E-state index contributed by atoms with van der Waals surface area (Å²) >= 11 is 0. The van der Waals surface area contributed by atoms with E-state index in [9.17, 15) is 4.79 Å². The van der Waals surface area contributed by atoms with Gasteiger partial charge in [-0.05, 0) is 43.2 Å². The first-order chi connectivity index (χ1) is 17.6. The number of pyridine rings is 2. The molecule has 0 bridgehead atoms. The summed E-state index contributed by atoms with van der Waals surface area (Å²) in [6.07, 6.45) is 10.1. The zero-order valence-electron chi connectivity index (χ0n) is 19.8. The maximum Gasteiger partial charge on any atom is 0.224 e. The van der Waals surface area contributed by atoms with Gasteiger partial charge in [-0.2, -0.15) is 5.10 Å². The third kappa shape index (κ3) is 3.88. The van der Waals surface area contributed by atoms with Gasteiger partial charge < -0.3 is 10.3 Å². The van der Waals surface area contributed by atoms with Gasteiger partial charge in [-0.15, -0.1) is 0 Å². The molecule has 0 spiro atoms. The second kappa shape index (κ2) is 8.73. The van der Waals surface area contributed by atoms with Gasteiger partial charge in [0.2, 0.25) is 5.91 Å². The van der Waals surface area contributed by atoms with Gasteiger partial charge in [0.15, 0.2) is 11.6 Å². The highest BCUT2D eigenvalue weighted by Crippen LogP contribution is 2.31. The molecule has 178 valence electrons. The molecule has 5 heterocycles. The number of aryl methyl sites for hydroxylation is 1. The van der Waals surface area contributed by atoms with E-state index in [-0.39, 0.29) is 5.91 Å². The highest BCUT2D eigenvalue weighted by atomic mass is 16.1. The summed E-state index contributed by atoms with van der Waals surface area (Å²) in [5, 5.41) is 11.5. The summed E-state index contributed by atoms with van der Waals surface area (Å²) in [6, 6.07) is 9.85. The number of imidazole rings is 2. The normalized spacial score (nSPS) is 11.4. The van der Waals surface area contributed by atoms with E-state index in [1.807, 2.05) is 54.9 Å². The molecule has 6 rings (SSSR count). The van der Waals surface area contributed by atoms with Gasteiger partial charge in [0, 0.05) is 36.0 Å². The van der Waals surface area contributed by atoms with Crippen molar-refractivity contribution in [2.75, 3.05) is 5.32 Å². The molecule has 0 radical (unpaired) electrons. The van der Waals surface area contributed by atoms with Crippen molar-refractivity contribution in [3.05, 3.63) is 67.1 Å². The Morgan fingerprint density at radius 2 is 2.00 bits per heavy atom. The number of aromatic amines is 2. The van der Waals surface area contributed by atoms with E-state index in [1.54, 1.807) is 24.9 Å². The Labute approximate surface area is 205 Å². The number of nitrogens with zero attached hydrogens (tertiary/aromatic N) is 6. The summed E-state index contributed by atoms with van der Waals surface area (Å²) in [5.41, 5.74) is 6.60. The molecule has 0 aliphatic heterocycles. The van der Waals surface area contributed by atoms with Crippen molar-refractivity contribution < 1.29 is 4.79 Å². The Kier molecular flexibility index (Phi) is 5.25. The number of anilines is 1. The SMILES string of the molecule is CCCC(=O)Nc1cncc(-c2ccc3[nH]nc(-c4nc5c(-n6cnc(C)c6)nccc5[nH]4)c3c2)c1. The van der Waals surface area contributed by atoms with E-state index in [0.717, 1.165) is 45.2 Å². The standard InChI is InChI=1S/C26H23N9O/c1-3-4-22(36)30-18-9-17(11-27-12-18)16-5-6-20-19(10-16)23(34-33-20)25-31-21-7-8-28-26(24(21)32-25)35-13-15(2)29-14-35/h5-14H,3-4H2,1-2H3,(H,30,36)(H,31,32)(H,33,34). The molecule has 0 aliphatic carbocycles. The highest BCUT2D eigenvalue weighted by Gasteiger charge is 2.17. The van der Waals surface area contributed by atoms with Crippen LogP contribution in [0.2, 0.25) is 0 Å². The molecule has 0 saturated carbocycles. The number of carbonyl (C=O) groups excluding carboxylic acids is 1. The molecule has 3 N–H and O–H groups in total. The van der Waals surface area contributed by atoms with Crippen LogP contribution < -0.4 is 5.32 Å². The number of hydrogen-bond acceptors (Lipinski definition) is 6. The molecule has 10 nitrogen and oxygen atoms in total. The second-order valence-electron chi connectivity index (χ2n) is 8.63. The predicted molar refractivity (Wildman–Crippen MR) is 138 cm³/mol. The van der Waals surface area contributed by atoms with E-state index < -0.39 is 0 Å². The topological polar surface area (TPSA) is 130 Å². The molecule has 1 aromatic carbocycles. The molecule has 0 aliphatic rings. The minimum Gasteiger partial charge on any atom is -0.336 e. The van der Waals surface area contributed by atoms with Crippen molar-refractivity contribution in [1.82, 2.24) is 39.7 Å². The molecule has 0 atom stereocenters. The molecular weight excluding hydrogens is 454 g/mol. The van der Waals surface area contributed by atoms with Gasteiger partial charge in [-0.25, -0.2) is 15.0 Å². The quantitative estimate of drug-likeness (QED) is 0.316. The number of rotatable bonds is 6. The van der Waals surface area contributed by atoms with Crippen LogP contribution in [0.4, 0.5) is 5.69 Å². The Morgan fingerprint density at radius 3 is 2.83 bits per heavy atom. The fourth-order valence-electron chi connectivity index (χ4n) is 4.25. The van der Waals surface area contributed by atoms with Crippen LogP contribution in [0.3, 0.4) is 0 Å². The largest absolute Gasteiger partial charge is 0.336 e. The molecule has 6 aromatic rings. The van der Waals surface area contributed by atoms with Gasteiger partial charge in [0.05, 0.1) is 28.6 Å². The zero-order valence-corrected chi connectivity index (χ0v) is 19.8. The van der Waals surface area contributed by atoms with E-state index >= 15 is 0 Å². The van der Waals surface area contributed by atoms with Crippen LogP contribution in [0, 0.1) is 6.92 Å². The van der Waals surface area contributed by atoms with Crippen LogP contribution in [0.15, 0.2) is 61.4 Å². The first kappa shape index (κ1) is 21.7. The van der Waals surface area contributed by atoms with Crippen molar-refractivity contribution in [2.24, 2.45) is 0 Å². The minimum atomic E-state index is -0.0198. The van der Waals surface area contributed by atoms with E-state index in [1.165, 1.54) is 0 Å². The van der Waals surface area contributed by atoms with Gasteiger partial charge in [-0.3, -0.25) is 19.4 Å². The number of carbonyl (C=O) groups is 1. The molecule has 10 heteroatoms. The molecule has 0 unspecified atom stereocenters. The summed E-state index contributed by atoms with van der Waals surface area (Å²) < 4.78 is 1.86. The van der Waals surface area contributed by atoms with Gasteiger partial charge in [0.1, 0.15) is 17.5 Å². The van der Waals surface area contributed by atoms with E-state index in [0.29, 0.717) is 29.4 Å². The number of benzene rings is 1. The Balaban J connectivity index is 1.40. The minimum absolute atomic E-state index is 0.0198. The predicted octanol–water partition coefficient (Wildman–Crippen LogP) is 4.80. The Bertz CT molecular complexity index is 1730. The summed E-state index contributed by atoms with van der Waals surface area (Å²) in [4.78, 5) is 33.4. The van der Waals surface area contributed by atoms with Crippen molar-refractivity contribution in [2.45, 2.75) is 26.7 Å². The average molecular weight is 478 g/mol. The lowest BCUT2D eigenvalue weighted by Crippen LogP contribution is -2.10. The number of aromatic nitrogens is 8. The second-order valence-corrected chi connectivity index (χ2v) is 8.63. The Morgan fingerprint density at radius 1 is 1.08 bits per heavy atom. The lowest BCUT2D eigenvalue weighted by atomic mass is 10.0. The Hall–Kier alpha value is -4.86. The lowest BCUT2D eigenvalue weighted by molar-refractivity contribution is -0.116. The molecule has 1 amide bonds. The number of amides is 1. The molecular formula is C26H23N9O. The third-order valence-electron chi connectivity index (χ3n) is 5.96. The van der Waals surface area contributed by atoms with E-state index in [2.05, 4.69) is 35.5 Å². The summed E-state index contributed by atoms with van der Waals surface area (Å²) in [7, 11) is 0. The summed E-state index contributed by atoms with van der Waals surface area (Å²) in [6.45, 7) is 3.91. The van der Waals surface area contributed by atoms with Crippen molar-refractivity contribution in [1.29, 1.82) is 0 Å². The molecule has 0 saturated heterocycles. The van der Waals surface area contributed by atoms with Crippen molar-refractivity contribution >= 4 is 33.5 Å². The van der Waals surface area contributed by atoms with Crippen molar-refractivity contribution in [3.8, 4) is 28.5 Å². The van der Waals surface area contributed by atoms with Crippen molar-refractivity contribution in [3.63, 3.8) is 0 Å². The number of hydrogen-bond donors (Lipinski definition) is 3. The fraction of sp³-hybridized carbons (Fsp3) is 0.154. The van der Waals surface area contributed by atoms with Crippen LogP contribution in [0.25, 0.3) is 50.4 Å². The zero-order chi connectivity index (χ0) is 24.6.